The van der Waals surface area contributed by atoms with Gasteiger partial charge >= 0.3 is 0 Å². The lowest BCUT2D eigenvalue weighted by Gasteiger charge is -2.15. The summed E-state index contributed by atoms with van der Waals surface area (Å²) in [7, 11) is 1.59. The molecule has 0 amide bonds. The highest BCUT2D eigenvalue weighted by Gasteiger charge is 2.13. The molecule has 0 spiro atoms. The SMILES string of the molecule is COc1cc(CNCCNc2ccc([N+](=O)[O-])cc2Cl)cc(Br)c1OCc1ccc(Cl)c(Cl)c1. The molecule has 0 aliphatic carbocycles. The quantitative estimate of drug-likeness (QED) is 0.141. The van der Waals surface area contributed by atoms with Gasteiger partial charge in [-0.1, -0.05) is 40.9 Å². The monoisotopic (exact) mass is 587 g/mol. The zero-order valence-corrected chi connectivity index (χ0v) is 21.9. The molecule has 0 bridgehead atoms. The smallest absolute Gasteiger partial charge is 0.271 e. The van der Waals surface area contributed by atoms with Gasteiger partial charge in [-0.2, -0.15) is 0 Å². The molecule has 34 heavy (non-hydrogen) atoms. The Morgan fingerprint density at radius 3 is 2.44 bits per heavy atom. The summed E-state index contributed by atoms with van der Waals surface area (Å²) in [4.78, 5) is 10.3. The number of nitrogens with one attached hydrogen (secondary N) is 2. The van der Waals surface area contributed by atoms with Gasteiger partial charge in [0.2, 0.25) is 0 Å². The Morgan fingerprint density at radius 2 is 1.76 bits per heavy atom. The molecule has 3 rings (SSSR count). The lowest BCUT2D eigenvalue weighted by Crippen LogP contribution is -2.22. The number of hydrogen-bond acceptors (Lipinski definition) is 6. The van der Waals surface area contributed by atoms with Crippen molar-refractivity contribution in [1.82, 2.24) is 5.32 Å². The Morgan fingerprint density at radius 1 is 0.971 bits per heavy atom. The van der Waals surface area contributed by atoms with Crippen molar-refractivity contribution in [2.45, 2.75) is 13.2 Å². The van der Waals surface area contributed by atoms with Crippen LogP contribution in [0, 0.1) is 10.1 Å². The molecule has 3 aromatic carbocycles. The van der Waals surface area contributed by atoms with Crippen LogP contribution in [-0.4, -0.2) is 25.1 Å². The number of nitro groups is 1. The van der Waals surface area contributed by atoms with E-state index in [2.05, 4.69) is 26.6 Å². The molecule has 0 aliphatic heterocycles. The summed E-state index contributed by atoms with van der Waals surface area (Å²) >= 11 is 21.7. The van der Waals surface area contributed by atoms with E-state index in [1.165, 1.54) is 12.1 Å². The van der Waals surface area contributed by atoms with Gasteiger partial charge in [-0.15, -0.1) is 0 Å². The van der Waals surface area contributed by atoms with Crippen LogP contribution >= 0.6 is 50.7 Å². The number of benzene rings is 3. The van der Waals surface area contributed by atoms with Crippen LogP contribution in [0.15, 0.2) is 53.0 Å². The summed E-state index contributed by atoms with van der Waals surface area (Å²) < 4.78 is 12.2. The van der Waals surface area contributed by atoms with Crippen molar-refractivity contribution in [3.63, 3.8) is 0 Å². The second-order valence-electron chi connectivity index (χ2n) is 7.17. The molecule has 0 heterocycles. The summed E-state index contributed by atoms with van der Waals surface area (Å²) in [6.45, 7) is 2.13. The topological polar surface area (TPSA) is 85.7 Å². The Hall–Kier alpha value is -2.23. The van der Waals surface area contributed by atoms with E-state index in [4.69, 9.17) is 44.3 Å². The zero-order chi connectivity index (χ0) is 24.7. The number of nitro benzene ring substituents is 1. The highest BCUT2D eigenvalue weighted by Crippen LogP contribution is 2.37. The highest BCUT2D eigenvalue weighted by atomic mass is 79.9. The van der Waals surface area contributed by atoms with Crippen LogP contribution in [-0.2, 0) is 13.2 Å². The summed E-state index contributed by atoms with van der Waals surface area (Å²) in [5.41, 5.74) is 2.48. The van der Waals surface area contributed by atoms with Crippen molar-refractivity contribution in [3.8, 4) is 11.5 Å². The number of anilines is 1. The van der Waals surface area contributed by atoms with Crippen molar-refractivity contribution in [2.75, 3.05) is 25.5 Å². The van der Waals surface area contributed by atoms with Crippen LogP contribution in [0.5, 0.6) is 11.5 Å². The van der Waals surface area contributed by atoms with E-state index in [-0.39, 0.29) is 5.69 Å². The Bertz CT molecular complexity index is 1180. The van der Waals surface area contributed by atoms with E-state index in [1.54, 1.807) is 25.3 Å². The lowest BCUT2D eigenvalue weighted by molar-refractivity contribution is -0.384. The van der Waals surface area contributed by atoms with E-state index < -0.39 is 4.92 Å². The van der Waals surface area contributed by atoms with Gasteiger partial charge < -0.3 is 20.1 Å². The van der Waals surface area contributed by atoms with Gasteiger partial charge in [-0.05, 0) is 57.4 Å². The molecule has 0 unspecified atom stereocenters. The maximum atomic E-state index is 10.8. The van der Waals surface area contributed by atoms with Crippen LogP contribution in [0.3, 0.4) is 0 Å². The molecule has 0 atom stereocenters. The number of halogens is 4. The summed E-state index contributed by atoms with van der Waals surface area (Å²) in [5.74, 6) is 1.19. The second-order valence-corrected chi connectivity index (χ2v) is 9.25. The number of nitrogens with zero attached hydrogens (tertiary/aromatic N) is 1. The molecule has 3 aromatic rings. The summed E-state index contributed by atoms with van der Waals surface area (Å²) in [6.07, 6.45) is 0. The predicted molar refractivity (Wildman–Crippen MR) is 140 cm³/mol. The number of ether oxygens (including phenoxy) is 2. The predicted octanol–water partition coefficient (Wildman–Crippen LogP) is 7.11. The molecule has 0 aromatic heterocycles. The van der Waals surface area contributed by atoms with Gasteiger partial charge in [0.15, 0.2) is 11.5 Å². The Kier molecular flexibility index (Phi) is 9.67. The van der Waals surface area contributed by atoms with Crippen LogP contribution < -0.4 is 20.1 Å². The molecule has 2 N–H and O–H groups in total. The van der Waals surface area contributed by atoms with E-state index in [0.717, 1.165) is 15.6 Å². The minimum Gasteiger partial charge on any atom is -0.493 e. The van der Waals surface area contributed by atoms with Gasteiger partial charge in [0.1, 0.15) is 6.61 Å². The molecule has 11 heteroatoms. The van der Waals surface area contributed by atoms with Gasteiger partial charge in [-0.3, -0.25) is 10.1 Å². The summed E-state index contributed by atoms with van der Waals surface area (Å²) in [5, 5.41) is 18.6. The average Bonchev–Trinajstić information content (AvgIpc) is 2.80. The van der Waals surface area contributed by atoms with Gasteiger partial charge in [0, 0.05) is 31.8 Å². The molecular weight excluding hydrogens is 569 g/mol. The van der Waals surface area contributed by atoms with Crippen molar-refractivity contribution >= 4 is 62.1 Å². The minimum atomic E-state index is -0.479. The van der Waals surface area contributed by atoms with Crippen molar-refractivity contribution in [2.24, 2.45) is 0 Å². The fourth-order valence-electron chi connectivity index (χ4n) is 3.08. The van der Waals surface area contributed by atoms with Crippen LogP contribution in [0.1, 0.15) is 11.1 Å². The Balaban J connectivity index is 1.53. The van der Waals surface area contributed by atoms with Gasteiger partial charge in [0.25, 0.3) is 5.69 Å². The number of methoxy groups -OCH3 is 1. The standard InChI is InChI=1S/C23H21BrCl3N3O4/c1-33-22-10-15(8-17(24)23(22)34-13-14-2-4-18(25)19(26)9-14)12-28-6-7-29-21-5-3-16(30(31)32)11-20(21)27/h2-5,8-11,28-29H,6-7,12-13H2,1H3. The molecule has 0 saturated heterocycles. The van der Waals surface area contributed by atoms with E-state index in [0.29, 0.717) is 58.5 Å². The molecule has 0 aliphatic rings. The molecule has 7 nitrogen and oxygen atoms in total. The molecular formula is C23H21BrCl3N3O4. The fourth-order valence-corrected chi connectivity index (χ4v) is 4.25. The highest BCUT2D eigenvalue weighted by molar-refractivity contribution is 9.10. The minimum absolute atomic E-state index is 0.0439. The third-order valence-electron chi connectivity index (χ3n) is 4.77. The lowest BCUT2D eigenvalue weighted by atomic mass is 10.2. The van der Waals surface area contributed by atoms with Crippen LogP contribution in [0.4, 0.5) is 11.4 Å². The van der Waals surface area contributed by atoms with E-state index in [1.807, 2.05) is 18.2 Å². The van der Waals surface area contributed by atoms with Crippen LogP contribution in [0.25, 0.3) is 0 Å². The van der Waals surface area contributed by atoms with Crippen molar-refractivity contribution in [1.29, 1.82) is 0 Å². The Labute approximate surface area is 220 Å². The summed E-state index contributed by atoms with van der Waals surface area (Å²) in [6, 6.07) is 13.5. The number of rotatable bonds is 11. The molecule has 0 saturated carbocycles. The maximum Gasteiger partial charge on any atom is 0.271 e. The third kappa shape index (κ3) is 7.13. The largest absolute Gasteiger partial charge is 0.493 e. The van der Waals surface area contributed by atoms with Crippen molar-refractivity contribution < 1.29 is 14.4 Å². The molecule has 0 fully saturated rings. The first kappa shape index (κ1) is 26.4. The van der Waals surface area contributed by atoms with Crippen molar-refractivity contribution in [3.05, 3.63) is 89.3 Å². The third-order valence-corrected chi connectivity index (χ3v) is 6.41. The molecule has 180 valence electrons. The zero-order valence-electron chi connectivity index (χ0n) is 18.0. The van der Waals surface area contributed by atoms with E-state index in [9.17, 15) is 10.1 Å². The first-order valence-electron chi connectivity index (χ1n) is 10.1. The first-order chi connectivity index (χ1) is 16.3. The normalized spacial score (nSPS) is 10.7. The first-order valence-corrected chi connectivity index (χ1v) is 12.0. The maximum absolute atomic E-state index is 10.8. The van der Waals surface area contributed by atoms with Gasteiger partial charge in [-0.25, -0.2) is 0 Å². The van der Waals surface area contributed by atoms with Gasteiger partial charge in [0.05, 0.1) is 37.3 Å². The second kappa shape index (κ2) is 12.5. The van der Waals surface area contributed by atoms with E-state index >= 15 is 0 Å². The fraction of sp³-hybridized carbons (Fsp3) is 0.217. The molecule has 0 radical (unpaired) electrons. The number of hydrogen-bond donors (Lipinski definition) is 2. The van der Waals surface area contributed by atoms with Crippen LogP contribution in [0.2, 0.25) is 15.1 Å². The number of non-ortho nitro benzene ring substituents is 1. The average molecular weight is 590 g/mol.